The summed E-state index contributed by atoms with van der Waals surface area (Å²) in [6, 6.07) is 8.57. The summed E-state index contributed by atoms with van der Waals surface area (Å²) in [5.74, 6) is 0.305. The third-order valence-electron chi connectivity index (χ3n) is 4.67. The highest BCUT2D eigenvalue weighted by Crippen LogP contribution is 2.11. The lowest BCUT2D eigenvalue weighted by Gasteiger charge is -2.26. The Morgan fingerprint density at radius 2 is 1.84 bits per heavy atom. The average Bonchev–Trinajstić information content (AvgIpc) is 2.62. The Labute approximate surface area is 162 Å². The van der Waals surface area contributed by atoms with Crippen LogP contribution < -0.4 is 10.6 Å². The van der Waals surface area contributed by atoms with Gasteiger partial charge in [-0.15, -0.1) is 24.8 Å². The van der Waals surface area contributed by atoms with Crippen LogP contribution in [0.25, 0.3) is 0 Å². The number of benzene rings is 1. The maximum Gasteiger partial charge on any atom is 0.224 e. The molecule has 1 atom stereocenters. The molecule has 2 heterocycles. The third-order valence-corrected chi connectivity index (χ3v) is 4.67. The van der Waals surface area contributed by atoms with E-state index in [0.29, 0.717) is 6.54 Å². The lowest BCUT2D eigenvalue weighted by molar-refractivity contribution is -0.125. The van der Waals surface area contributed by atoms with E-state index in [-0.39, 0.29) is 36.6 Å². The van der Waals surface area contributed by atoms with E-state index in [0.717, 1.165) is 64.3 Å². The van der Waals surface area contributed by atoms with Gasteiger partial charge in [0.05, 0.1) is 19.1 Å². The van der Waals surface area contributed by atoms with Crippen molar-refractivity contribution in [1.82, 2.24) is 15.5 Å². The van der Waals surface area contributed by atoms with Crippen molar-refractivity contribution >= 4 is 30.7 Å². The zero-order chi connectivity index (χ0) is 15.9. The molecule has 5 nitrogen and oxygen atoms in total. The SMILES string of the molecule is Cl.Cl.O=C(NCc1ccc(CN2CCOCC2)cc1)C1CCCNC1. The molecule has 2 N–H and O–H groups in total. The Kier molecular flexibility index (Phi) is 10.4. The highest BCUT2D eigenvalue weighted by molar-refractivity contribution is 5.85. The van der Waals surface area contributed by atoms with Crippen LogP contribution in [0.1, 0.15) is 24.0 Å². The zero-order valence-electron chi connectivity index (χ0n) is 14.5. The third kappa shape index (κ3) is 7.12. The summed E-state index contributed by atoms with van der Waals surface area (Å²) in [6.07, 6.45) is 2.09. The van der Waals surface area contributed by atoms with Crippen molar-refractivity contribution in [2.45, 2.75) is 25.9 Å². The quantitative estimate of drug-likeness (QED) is 0.808. The van der Waals surface area contributed by atoms with Gasteiger partial charge in [0.2, 0.25) is 5.91 Å². The van der Waals surface area contributed by atoms with Gasteiger partial charge in [0, 0.05) is 32.7 Å². The molecule has 0 bridgehead atoms. The summed E-state index contributed by atoms with van der Waals surface area (Å²) in [4.78, 5) is 14.5. The molecule has 2 aliphatic heterocycles. The highest BCUT2D eigenvalue weighted by Gasteiger charge is 2.20. The number of morpholine rings is 1. The first kappa shape index (κ1) is 22.2. The molecule has 0 radical (unpaired) electrons. The van der Waals surface area contributed by atoms with Crippen LogP contribution >= 0.6 is 24.8 Å². The molecule has 1 aromatic carbocycles. The number of piperidine rings is 1. The summed E-state index contributed by atoms with van der Waals surface area (Å²) in [7, 11) is 0. The molecule has 0 aliphatic carbocycles. The second kappa shape index (κ2) is 11.7. The summed E-state index contributed by atoms with van der Waals surface area (Å²) in [5, 5.41) is 6.35. The van der Waals surface area contributed by atoms with Gasteiger partial charge < -0.3 is 15.4 Å². The molecular formula is C18H29Cl2N3O2. The number of carbonyl (C=O) groups excluding carboxylic acids is 1. The van der Waals surface area contributed by atoms with Crippen LogP contribution in [0.5, 0.6) is 0 Å². The molecule has 1 aromatic rings. The van der Waals surface area contributed by atoms with E-state index in [9.17, 15) is 4.79 Å². The van der Waals surface area contributed by atoms with Gasteiger partial charge in [-0.1, -0.05) is 24.3 Å². The van der Waals surface area contributed by atoms with E-state index in [2.05, 4.69) is 39.8 Å². The number of hydrogen-bond donors (Lipinski definition) is 2. The van der Waals surface area contributed by atoms with Gasteiger partial charge in [-0.25, -0.2) is 0 Å². The van der Waals surface area contributed by atoms with Gasteiger partial charge in [-0.2, -0.15) is 0 Å². The van der Waals surface area contributed by atoms with Crippen LogP contribution in [0.15, 0.2) is 24.3 Å². The Morgan fingerprint density at radius 1 is 1.16 bits per heavy atom. The van der Waals surface area contributed by atoms with Gasteiger partial charge in [0.15, 0.2) is 0 Å². The smallest absolute Gasteiger partial charge is 0.224 e. The van der Waals surface area contributed by atoms with Crippen molar-refractivity contribution in [2.24, 2.45) is 5.92 Å². The first-order valence-electron chi connectivity index (χ1n) is 8.67. The van der Waals surface area contributed by atoms with E-state index in [1.54, 1.807) is 0 Å². The van der Waals surface area contributed by atoms with Crippen LogP contribution in [-0.2, 0) is 22.6 Å². The summed E-state index contributed by atoms with van der Waals surface area (Å²) in [6.45, 7) is 7.12. The number of nitrogens with zero attached hydrogens (tertiary/aromatic N) is 1. The van der Waals surface area contributed by atoms with Crippen LogP contribution in [0.3, 0.4) is 0 Å². The number of hydrogen-bond acceptors (Lipinski definition) is 4. The lowest BCUT2D eigenvalue weighted by atomic mass is 9.99. The highest BCUT2D eigenvalue weighted by atomic mass is 35.5. The van der Waals surface area contributed by atoms with Crippen molar-refractivity contribution in [3.8, 4) is 0 Å². The Hall–Kier alpha value is -0.850. The van der Waals surface area contributed by atoms with E-state index >= 15 is 0 Å². The molecule has 2 aliphatic rings. The normalized spacial score (nSPS) is 20.9. The molecule has 2 fully saturated rings. The largest absolute Gasteiger partial charge is 0.379 e. The fraction of sp³-hybridized carbons (Fsp3) is 0.611. The standard InChI is InChI=1S/C18H27N3O2.2ClH/c22-18(17-2-1-7-19-13-17)20-12-15-3-5-16(6-4-15)14-21-8-10-23-11-9-21;;/h3-6,17,19H,1-2,7-14H2,(H,20,22);2*1H. The Morgan fingerprint density at radius 3 is 2.48 bits per heavy atom. The van der Waals surface area contributed by atoms with Gasteiger partial charge >= 0.3 is 0 Å². The fourth-order valence-corrected chi connectivity index (χ4v) is 3.19. The topological polar surface area (TPSA) is 53.6 Å². The Balaban J connectivity index is 0.00000156. The Bertz CT molecular complexity index is 502. The molecule has 142 valence electrons. The molecule has 7 heteroatoms. The van der Waals surface area contributed by atoms with Crippen LogP contribution in [0.2, 0.25) is 0 Å². The minimum atomic E-state index is 0. The predicted molar refractivity (Wildman–Crippen MR) is 104 cm³/mol. The molecule has 1 unspecified atom stereocenters. The molecule has 0 spiro atoms. The summed E-state index contributed by atoms with van der Waals surface area (Å²) >= 11 is 0. The number of amides is 1. The van der Waals surface area contributed by atoms with Gasteiger partial charge in [-0.3, -0.25) is 9.69 Å². The number of nitrogens with one attached hydrogen (secondary N) is 2. The first-order valence-corrected chi connectivity index (χ1v) is 8.67. The molecule has 0 aromatic heterocycles. The second-order valence-corrected chi connectivity index (χ2v) is 6.47. The van der Waals surface area contributed by atoms with Crippen molar-refractivity contribution < 1.29 is 9.53 Å². The molecule has 25 heavy (non-hydrogen) atoms. The minimum absolute atomic E-state index is 0. The van der Waals surface area contributed by atoms with Crippen LogP contribution in [-0.4, -0.2) is 50.2 Å². The molecular weight excluding hydrogens is 361 g/mol. The maximum absolute atomic E-state index is 12.1. The van der Waals surface area contributed by atoms with Crippen molar-refractivity contribution in [1.29, 1.82) is 0 Å². The van der Waals surface area contributed by atoms with E-state index in [1.807, 2.05) is 0 Å². The number of ether oxygens (including phenoxy) is 1. The molecule has 1 amide bonds. The lowest BCUT2D eigenvalue weighted by Crippen LogP contribution is -2.40. The molecule has 2 saturated heterocycles. The monoisotopic (exact) mass is 389 g/mol. The van der Waals surface area contributed by atoms with Gasteiger partial charge in [0.25, 0.3) is 0 Å². The van der Waals surface area contributed by atoms with E-state index in [4.69, 9.17) is 4.74 Å². The van der Waals surface area contributed by atoms with Crippen molar-refractivity contribution in [3.63, 3.8) is 0 Å². The number of halogens is 2. The predicted octanol–water partition coefficient (Wildman–Crippen LogP) is 1.98. The summed E-state index contributed by atoms with van der Waals surface area (Å²) in [5.41, 5.74) is 2.48. The second-order valence-electron chi connectivity index (χ2n) is 6.47. The summed E-state index contributed by atoms with van der Waals surface area (Å²) < 4.78 is 5.37. The number of rotatable bonds is 5. The van der Waals surface area contributed by atoms with Crippen molar-refractivity contribution in [3.05, 3.63) is 35.4 Å². The van der Waals surface area contributed by atoms with E-state index < -0.39 is 0 Å². The fourth-order valence-electron chi connectivity index (χ4n) is 3.19. The van der Waals surface area contributed by atoms with Crippen molar-refractivity contribution in [2.75, 3.05) is 39.4 Å². The van der Waals surface area contributed by atoms with Crippen LogP contribution in [0.4, 0.5) is 0 Å². The minimum Gasteiger partial charge on any atom is -0.379 e. The zero-order valence-corrected chi connectivity index (χ0v) is 16.2. The van der Waals surface area contributed by atoms with Gasteiger partial charge in [-0.05, 0) is 30.5 Å². The number of carbonyl (C=O) groups is 1. The van der Waals surface area contributed by atoms with Crippen LogP contribution in [0, 0.1) is 5.92 Å². The van der Waals surface area contributed by atoms with E-state index in [1.165, 1.54) is 5.56 Å². The molecule has 0 saturated carbocycles. The first-order chi connectivity index (χ1) is 11.3. The van der Waals surface area contributed by atoms with Gasteiger partial charge in [0.1, 0.15) is 0 Å². The maximum atomic E-state index is 12.1. The molecule has 3 rings (SSSR count). The average molecular weight is 390 g/mol.